The van der Waals surface area contributed by atoms with Gasteiger partial charge in [0.25, 0.3) is 5.91 Å². The average molecular weight is 391 g/mol. The number of rotatable bonds is 5. The molecule has 0 saturated carbocycles. The standard InChI is InChI=1S/C18H13Cl2FN4O/c19-12-7-13(20)9-15(8-12)24-18-22-6-5-16(25-18)17(26)23-10-11-1-3-14(21)4-2-11/h1-9H,10H2,(H,23,26)(H,22,24,25). The number of hydrogen-bond donors (Lipinski definition) is 2. The second kappa shape index (κ2) is 8.12. The monoisotopic (exact) mass is 390 g/mol. The zero-order valence-electron chi connectivity index (χ0n) is 13.3. The Kier molecular flexibility index (Phi) is 5.65. The minimum absolute atomic E-state index is 0.192. The van der Waals surface area contributed by atoms with E-state index in [1.165, 1.54) is 24.4 Å². The molecule has 8 heteroatoms. The Morgan fingerprint density at radius 2 is 1.73 bits per heavy atom. The van der Waals surface area contributed by atoms with Gasteiger partial charge in [-0.2, -0.15) is 0 Å². The van der Waals surface area contributed by atoms with Crippen molar-refractivity contribution in [3.05, 3.63) is 81.8 Å². The molecule has 0 saturated heterocycles. The van der Waals surface area contributed by atoms with Crippen LogP contribution >= 0.6 is 23.2 Å². The lowest BCUT2D eigenvalue weighted by Crippen LogP contribution is -2.24. The SMILES string of the molecule is O=C(NCc1ccc(F)cc1)c1ccnc(Nc2cc(Cl)cc(Cl)c2)n1. The number of amides is 1. The molecule has 0 aliphatic heterocycles. The molecule has 5 nitrogen and oxygen atoms in total. The maximum absolute atomic E-state index is 12.9. The van der Waals surface area contributed by atoms with Crippen LogP contribution in [0.5, 0.6) is 0 Å². The molecule has 1 aromatic heterocycles. The van der Waals surface area contributed by atoms with Crippen molar-refractivity contribution in [1.29, 1.82) is 0 Å². The third kappa shape index (κ3) is 4.91. The molecule has 0 radical (unpaired) electrons. The maximum atomic E-state index is 12.9. The van der Waals surface area contributed by atoms with Crippen molar-refractivity contribution in [3.63, 3.8) is 0 Å². The molecule has 0 aliphatic carbocycles. The predicted molar refractivity (Wildman–Crippen MR) is 99.3 cm³/mol. The van der Waals surface area contributed by atoms with Gasteiger partial charge in [-0.1, -0.05) is 35.3 Å². The third-order valence-corrected chi connectivity index (χ3v) is 3.81. The Morgan fingerprint density at radius 1 is 1.04 bits per heavy atom. The van der Waals surface area contributed by atoms with E-state index in [9.17, 15) is 9.18 Å². The Hall–Kier alpha value is -2.70. The van der Waals surface area contributed by atoms with Crippen LogP contribution < -0.4 is 10.6 Å². The lowest BCUT2D eigenvalue weighted by Gasteiger charge is -2.08. The van der Waals surface area contributed by atoms with Gasteiger partial charge in [0, 0.05) is 28.5 Å². The fraction of sp³-hybridized carbons (Fsp3) is 0.0556. The zero-order chi connectivity index (χ0) is 18.5. The summed E-state index contributed by atoms with van der Waals surface area (Å²) in [5.41, 5.74) is 1.57. The highest BCUT2D eigenvalue weighted by molar-refractivity contribution is 6.35. The van der Waals surface area contributed by atoms with Crippen LogP contribution in [-0.2, 0) is 6.54 Å². The molecule has 132 valence electrons. The maximum Gasteiger partial charge on any atom is 0.270 e. The zero-order valence-corrected chi connectivity index (χ0v) is 14.9. The normalized spacial score (nSPS) is 10.4. The minimum Gasteiger partial charge on any atom is -0.347 e. The highest BCUT2D eigenvalue weighted by Gasteiger charge is 2.09. The lowest BCUT2D eigenvalue weighted by atomic mass is 10.2. The highest BCUT2D eigenvalue weighted by Crippen LogP contribution is 2.24. The van der Waals surface area contributed by atoms with Gasteiger partial charge >= 0.3 is 0 Å². The number of aromatic nitrogens is 2. The van der Waals surface area contributed by atoms with Gasteiger partial charge in [0.15, 0.2) is 0 Å². The van der Waals surface area contributed by atoms with Gasteiger partial charge < -0.3 is 10.6 Å². The van der Waals surface area contributed by atoms with Crippen LogP contribution in [0.15, 0.2) is 54.7 Å². The summed E-state index contributed by atoms with van der Waals surface area (Å²) in [4.78, 5) is 20.5. The van der Waals surface area contributed by atoms with Gasteiger partial charge in [-0.15, -0.1) is 0 Å². The Morgan fingerprint density at radius 3 is 2.42 bits per heavy atom. The van der Waals surface area contributed by atoms with Gasteiger partial charge in [-0.3, -0.25) is 4.79 Å². The van der Waals surface area contributed by atoms with Gasteiger partial charge in [-0.05, 0) is 42.0 Å². The van der Waals surface area contributed by atoms with E-state index in [1.54, 1.807) is 30.3 Å². The van der Waals surface area contributed by atoms with Gasteiger partial charge in [-0.25, -0.2) is 14.4 Å². The van der Waals surface area contributed by atoms with Gasteiger partial charge in [0.2, 0.25) is 5.95 Å². The van der Waals surface area contributed by atoms with Crippen molar-refractivity contribution in [1.82, 2.24) is 15.3 Å². The summed E-state index contributed by atoms with van der Waals surface area (Å²) in [6, 6.07) is 12.3. The predicted octanol–water partition coefficient (Wildman–Crippen LogP) is 4.60. The molecule has 1 heterocycles. The molecule has 3 rings (SSSR count). The molecule has 3 aromatic rings. The van der Waals surface area contributed by atoms with Crippen molar-refractivity contribution in [3.8, 4) is 0 Å². The summed E-state index contributed by atoms with van der Waals surface area (Å²) in [5, 5.41) is 6.60. The Bertz CT molecular complexity index is 914. The first-order chi connectivity index (χ1) is 12.5. The first-order valence-electron chi connectivity index (χ1n) is 7.58. The van der Waals surface area contributed by atoms with Gasteiger partial charge in [0.05, 0.1) is 0 Å². The van der Waals surface area contributed by atoms with Crippen LogP contribution in [-0.4, -0.2) is 15.9 Å². The number of nitrogens with one attached hydrogen (secondary N) is 2. The largest absolute Gasteiger partial charge is 0.347 e. The second-order valence-electron chi connectivity index (χ2n) is 5.36. The molecule has 0 bridgehead atoms. The molecular weight excluding hydrogens is 378 g/mol. The average Bonchev–Trinajstić information content (AvgIpc) is 2.60. The topological polar surface area (TPSA) is 66.9 Å². The number of carbonyl (C=O) groups excluding carboxylic acids is 1. The fourth-order valence-corrected chi connectivity index (χ4v) is 2.70. The summed E-state index contributed by atoms with van der Waals surface area (Å²) in [5.74, 6) is -0.464. The first kappa shape index (κ1) is 18.1. The molecular formula is C18H13Cl2FN4O. The number of carbonyl (C=O) groups is 1. The van der Waals surface area contributed by atoms with Crippen molar-refractivity contribution in [2.75, 3.05) is 5.32 Å². The summed E-state index contributed by atoms with van der Waals surface area (Å²) >= 11 is 11.9. The first-order valence-corrected chi connectivity index (χ1v) is 8.34. The van der Waals surface area contributed by atoms with Crippen LogP contribution in [0.1, 0.15) is 16.1 Å². The number of halogens is 3. The van der Waals surface area contributed by atoms with E-state index in [1.807, 2.05) is 0 Å². The Balaban J connectivity index is 1.67. The van der Waals surface area contributed by atoms with E-state index >= 15 is 0 Å². The van der Waals surface area contributed by atoms with Crippen molar-refractivity contribution >= 4 is 40.7 Å². The van der Waals surface area contributed by atoms with Crippen molar-refractivity contribution in [2.24, 2.45) is 0 Å². The van der Waals surface area contributed by atoms with E-state index in [4.69, 9.17) is 23.2 Å². The summed E-state index contributed by atoms with van der Waals surface area (Å²) < 4.78 is 12.9. The molecule has 0 spiro atoms. The molecule has 0 aliphatic rings. The van der Waals surface area contributed by atoms with Crippen LogP contribution in [0.2, 0.25) is 10.0 Å². The number of benzene rings is 2. The number of nitrogens with zero attached hydrogens (tertiary/aromatic N) is 2. The lowest BCUT2D eigenvalue weighted by molar-refractivity contribution is 0.0946. The minimum atomic E-state index is -0.371. The molecule has 0 unspecified atom stereocenters. The summed E-state index contributed by atoms with van der Waals surface area (Å²) in [6.07, 6.45) is 1.47. The van der Waals surface area contributed by atoms with E-state index in [0.717, 1.165) is 5.56 Å². The molecule has 2 aromatic carbocycles. The fourth-order valence-electron chi connectivity index (χ4n) is 2.18. The highest BCUT2D eigenvalue weighted by atomic mass is 35.5. The van der Waals surface area contributed by atoms with Crippen LogP contribution in [0.25, 0.3) is 0 Å². The van der Waals surface area contributed by atoms with Crippen molar-refractivity contribution < 1.29 is 9.18 Å². The van der Waals surface area contributed by atoms with Crippen molar-refractivity contribution in [2.45, 2.75) is 6.54 Å². The molecule has 0 atom stereocenters. The molecule has 1 amide bonds. The van der Waals surface area contributed by atoms with Crippen LogP contribution in [0, 0.1) is 5.82 Å². The second-order valence-corrected chi connectivity index (χ2v) is 6.23. The van der Waals surface area contributed by atoms with E-state index in [2.05, 4.69) is 20.6 Å². The number of anilines is 2. The molecule has 26 heavy (non-hydrogen) atoms. The molecule has 2 N–H and O–H groups in total. The van der Waals surface area contributed by atoms with E-state index in [-0.39, 0.29) is 29.9 Å². The summed E-state index contributed by atoms with van der Waals surface area (Å²) in [6.45, 7) is 0.260. The van der Waals surface area contributed by atoms with E-state index in [0.29, 0.717) is 15.7 Å². The third-order valence-electron chi connectivity index (χ3n) is 3.37. The van der Waals surface area contributed by atoms with Crippen LogP contribution in [0.3, 0.4) is 0 Å². The smallest absolute Gasteiger partial charge is 0.270 e. The summed E-state index contributed by atoms with van der Waals surface area (Å²) in [7, 11) is 0. The quantitative estimate of drug-likeness (QED) is 0.668. The van der Waals surface area contributed by atoms with Crippen LogP contribution in [0.4, 0.5) is 16.0 Å². The molecule has 0 fully saturated rings. The Labute approximate surface area is 159 Å². The van der Waals surface area contributed by atoms with Gasteiger partial charge in [0.1, 0.15) is 11.5 Å². The van der Waals surface area contributed by atoms with E-state index < -0.39 is 0 Å². The number of hydrogen-bond acceptors (Lipinski definition) is 4.